The van der Waals surface area contributed by atoms with Crippen LogP contribution in [0.4, 0.5) is 17.6 Å². The second-order valence-electron chi connectivity index (χ2n) is 5.34. The van der Waals surface area contributed by atoms with Crippen molar-refractivity contribution >= 4 is 27.5 Å². The Hall–Kier alpha value is -2.15. The van der Waals surface area contributed by atoms with Gasteiger partial charge in [0.2, 0.25) is 0 Å². The Kier molecular flexibility index (Phi) is 6.23. The summed E-state index contributed by atoms with van der Waals surface area (Å²) in [4.78, 5) is 7.30. The molecule has 26 heavy (non-hydrogen) atoms. The van der Waals surface area contributed by atoms with Crippen molar-refractivity contribution in [2.45, 2.75) is 17.7 Å². The number of benzene rings is 2. The van der Waals surface area contributed by atoms with Gasteiger partial charge in [0, 0.05) is 6.08 Å². The molecule has 2 aromatic rings. The molecule has 0 spiro atoms. The molecule has 0 heterocycles. The number of ether oxygens (including phenoxy) is 1. The Bertz CT molecular complexity index is 781. The summed E-state index contributed by atoms with van der Waals surface area (Å²) in [5.74, 6) is -4.97. The van der Waals surface area contributed by atoms with Crippen molar-refractivity contribution in [1.82, 2.24) is 0 Å². The number of carbonyl (C=O) groups excluding carboxylic acids is 1. The Balaban J connectivity index is 2.51. The average molecular weight is 431 g/mol. The van der Waals surface area contributed by atoms with Crippen LogP contribution in [0.5, 0.6) is 0 Å². The van der Waals surface area contributed by atoms with Gasteiger partial charge in [0.15, 0.2) is 0 Å². The molecule has 0 bridgehead atoms. The van der Waals surface area contributed by atoms with Gasteiger partial charge in [-0.25, -0.2) is 4.79 Å². The molecule has 7 heteroatoms. The predicted octanol–water partition coefficient (Wildman–Crippen LogP) is 5.92. The Labute approximate surface area is 156 Å². The van der Waals surface area contributed by atoms with E-state index in [1.165, 1.54) is 36.4 Å². The van der Waals surface area contributed by atoms with Gasteiger partial charge in [0.25, 0.3) is 0 Å². The van der Waals surface area contributed by atoms with Crippen LogP contribution in [0, 0.1) is 0 Å². The summed E-state index contributed by atoms with van der Waals surface area (Å²) < 4.78 is 59.1. The van der Waals surface area contributed by atoms with Crippen LogP contribution in [0.15, 0.2) is 60.7 Å². The van der Waals surface area contributed by atoms with Gasteiger partial charge in [-0.2, -0.15) is 17.6 Å². The van der Waals surface area contributed by atoms with E-state index in [-0.39, 0.29) is 29.4 Å². The lowest BCUT2D eigenvalue weighted by atomic mass is 9.95. The molecule has 0 radical (unpaired) electrons. The monoisotopic (exact) mass is 430 g/mol. The van der Waals surface area contributed by atoms with Gasteiger partial charge in [-0.05, 0) is 51.7 Å². The lowest BCUT2D eigenvalue weighted by Gasteiger charge is -2.20. The standard InChI is InChI=1S/C19H15BrF4O2/c1-2-26-17(25)15-10-8-14(9-11-15)16(13-6-4-3-5-7-13)12-18(21,22)19(20,23)24/h3-12H,2H2,1H3/b16-12+. The molecule has 2 rings (SSSR count). The summed E-state index contributed by atoms with van der Waals surface area (Å²) >= 11 is 1.73. The summed E-state index contributed by atoms with van der Waals surface area (Å²) in [6, 6.07) is 13.6. The second kappa shape index (κ2) is 8.03. The SMILES string of the molecule is CCOC(=O)c1ccc(/C(=C/C(F)(F)C(F)(F)Br)c2ccccc2)cc1. The van der Waals surface area contributed by atoms with E-state index in [0.717, 1.165) is 0 Å². The number of halogens is 5. The number of alkyl halides is 5. The number of hydrogen-bond donors (Lipinski definition) is 0. The van der Waals surface area contributed by atoms with Crippen molar-refractivity contribution in [3.63, 3.8) is 0 Å². The zero-order valence-electron chi connectivity index (χ0n) is 13.7. The Morgan fingerprint density at radius 1 is 0.962 bits per heavy atom. The first-order chi connectivity index (χ1) is 12.2. The normalized spacial score (nSPS) is 12.8. The van der Waals surface area contributed by atoms with Gasteiger partial charge < -0.3 is 4.74 Å². The van der Waals surface area contributed by atoms with Crippen molar-refractivity contribution in [3.05, 3.63) is 77.4 Å². The van der Waals surface area contributed by atoms with Crippen LogP contribution in [0.1, 0.15) is 28.4 Å². The summed E-state index contributed by atoms with van der Waals surface area (Å²) in [7, 11) is 0. The molecule has 0 aliphatic carbocycles. The highest BCUT2D eigenvalue weighted by atomic mass is 79.9. The predicted molar refractivity (Wildman–Crippen MR) is 94.7 cm³/mol. The molecular weight excluding hydrogens is 416 g/mol. The molecule has 0 aromatic heterocycles. The highest BCUT2D eigenvalue weighted by Gasteiger charge is 2.52. The van der Waals surface area contributed by atoms with Crippen molar-refractivity contribution < 1.29 is 27.1 Å². The topological polar surface area (TPSA) is 26.3 Å². The van der Waals surface area contributed by atoms with Gasteiger partial charge in [0.1, 0.15) is 0 Å². The second-order valence-corrected chi connectivity index (χ2v) is 6.34. The molecule has 0 saturated carbocycles. The van der Waals surface area contributed by atoms with E-state index in [9.17, 15) is 22.4 Å². The van der Waals surface area contributed by atoms with Gasteiger partial charge in [-0.1, -0.05) is 42.5 Å². The zero-order valence-corrected chi connectivity index (χ0v) is 15.3. The fraction of sp³-hybridized carbons (Fsp3) is 0.211. The number of rotatable bonds is 6. The van der Waals surface area contributed by atoms with E-state index in [4.69, 9.17) is 4.74 Å². The third-order valence-corrected chi connectivity index (χ3v) is 4.02. The number of carbonyl (C=O) groups is 1. The Morgan fingerprint density at radius 3 is 1.96 bits per heavy atom. The van der Waals surface area contributed by atoms with Crippen LogP contribution in [0.3, 0.4) is 0 Å². The molecule has 2 nitrogen and oxygen atoms in total. The minimum atomic E-state index is -4.42. The van der Waals surface area contributed by atoms with Crippen LogP contribution in [0.25, 0.3) is 5.57 Å². The first-order valence-corrected chi connectivity index (χ1v) is 8.45. The van der Waals surface area contributed by atoms with E-state index in [1.807, 2.05) is 0 Å². The summed E-state index contributed by atoms with van der Waals surface area (Å²) in [5.41, 5.74) is 0.763. The molecule has 138 valence electrons. The minimum Gasteiger partial charge on any atom is -0.462 e. The molecule has 0 fully saturated rings. The molecule has 0 aliphatic heterocycles. The van der Waals surface area contributed by atoms with Gasteiger partial charge in [-0.15, -0.1) is 0 Å². The smallest absolute Gasteiger partial charge is 0.367 e. The van der Waals surface area contributed by atoms with E-state index in [1.54, 1.807) is 41.1 Å². The maximum absolute atomic E-state index is 13.9. The van der Waals surface area contributed by atoms with Gasteiger partial charge in [-0.3, -0.25) is 0 Å². The number of allylic oxidation sites excluding steroid dienone is 1. The molecule has 0 amide bonds. The summed E-state index contributed by atoms with van der Waals surface area (Å²) in [6.45, 7) is 1.85. The van der Waals surface area contributed by atoms with Crippen LogP contribution in [-0.4, -0.2) is 23.3 Å². The van der Waals surface area contributed by atoms with E-state index < -0.39 is 16.7 Å². The van der Waals surface area contributed by atoms with Crippen LogP contribution < -0.4 is 0 Å². The van der Waals surface area contributed by atoms with Crippen molar-refractivity contribution in [1.29, 1.82) is 0 Å². The lowest BCUT2D eigenvalue weighted by molar-refractivity contribution is -0.110. The maximum Gasteiger partial charge on any atom is 0.367 e. The molecule has 0 atom stereocenters. The minimum absolute atomic E-state index is 0.0786. The summed E-state index contributed by atoms with van der Waals surface area (Å²) in [6.07, 6.45) is 0.219. The van der Waals surface area contributed by atoms with Crippen molar-refractivity contribution in [2.75, 3.05) is 6.61 Å². The molecule has 2 aromatic carbocycles. The molecule has 0 saturated heterocycles. The first-order valence-electron chi connectivity index (χ1n) is 7.66. The van der Waals surface area contributed by atoms with Crippen molar-refractivity contribution in [3.8, 4) is 0 Å². The lowest BCUT2D eigenvalue weighted by Crippen LogP contribution is -2.33. The molecular formula is C19H15BrF4O2. The molecule has 0 unspecified atom stereocenters. The van der Waals surface area contributed by atoms with E-state index >= 15 is 0 Å². The average Bonchev–Trinajstić information content (AvgIpc) is 2.60. The summed E-state index contributed by atoms with van der Waals surface area (Å²) in [5, 5.41) is 0. The zero-order chi connectivity index (χ0) is 19.4. The van der Waals surface area contributed by atoms with E-state index in [0.29, 0.717) is 5.56 Å². The van der Waals surface area contributed by atoms with Crippen LogP contribution >= 0.6 is 15.9 Å². The molecule has 0 N–H and O–H groups in total. The van der Waals surface area contributed by atoms with Gasteiger partial charge in [0.05, 0.1) is 12.2 Å². The van der Waals surface area contributed by atoms with Crippen molar-refractivity contribution in [2.24, 2.45) is 0 Å². The van der Waals surface area contributed by atoms with Crippen LogP contribution in [-0.2, 0) is 4.74 Å². The molecule has 0 aliphatic rings. The highest BCUT2D eigenvalue weighted by Crippen LogP contribution is 2.42. The maximum atomic E-state index is 13.9. The largest absolute Gasteiger partial charge is 0.462 e. The first kappa shape index (κ1) is 20.2. The third kappa shape index (κ3) is 4.72. The number of esters is 1. The van der Waals surface area contributed by atoms with Gasteiger partial charge >= 0.3 is 16.7 Å². The highest BCUT2D eigenvalue weighted by molar-refractivity contribution is 9.10. The fourth-order valence-corrected chi connectivity index (χ4v) is 2.33. The van der Waals surface area contributed by atoms with Crippen LogP contribution in [0.2, 0.25) is 0 Å². The fourth-order valence-electron chi connectivity index (χ4n) is 2.21. The quantitative estimate of drug-likeness (QED) is 0.323. The third-order valence-electron chi connectivity index (χ3n) is 3.50. The van der Waals surface area contributed by atoms with E-state index in [2.05, 4.69) is 0 Å². The Morgan fingerprint density at radius 2 is 1.46 bits per heavy atom. The number of hydrogen-bond acceptors (Lipinski definition) is 2.